The first-order chi connectivity index (χ1) is 5.70. The van der Waals surface area contributed by atoms with Crippen molar-refractivity contribution in [3.8, 4) is 0 Å². The molecule has 0 spiro atoms. The van der Waals surface area contributed by atoms with Gasteiger partial charge < -0.3 is 9.53 Å². The van der Waals surface area contributed by atoms with Crippen molar-refractivity contribution in [2.75, 3.05) is 13.2 Å². The van der Waals surface area contributed by atoms with Crippen LogP contribution in [0.5, 0.6) is 0 Å². The molecule has 0 unspecified atom stereocenters. The summed E-state index contributed by atoms with van der Waals surface area (Å²) >= 11 is 0. The summed E-state index contributed by atoms with van der Waals surface area (Å²) in [6, 6.07) is 0. The van der Waals surface area contributed by atoms with Crippen molar-refractivity contribution < 1.29 is 14.3 Å². The van der Waals surface area contributed by atoms with E-state index in [0.29, 0.717) is 0 Å². The fourth-order valence-electron chi connectivity index (χ4n) is 0.523. The average molecular weight is 204 g/mol. The van der Waals surface area contributed by atoms with Gasteiger partial charge in [0.15, 0.2) is 14.1 Å². The van der Waals surface area contributed by atoms with Crippen LogP contribution in [0.4, 0.5) is 0 Å². The number of aliphatic hydroxyl groups is 1. The normalized spacial score (nSPS) is 13.1. The van der Waals surface area contributed by atoms with E-state index < -0.39 is 14.9 Å². The molecule has 0 aromatic rings. The number of ketones is 1. The van der Waals surface area contributed by atoms with E-state index in [-0.39, 0.29) is 17.4 Å². The maximum absolute atomic E-state index is 10.8. The highest BCUT2D eigenvalue weighted by atomic mass is 28.4. The third-order valence-corrected chi connectivity index (χ3v) is 7.05. The van der Waals surface area contributed by atoms with Crippen LogP contribution in [0.3, 0.4) is 0 Å². The topological polar surface area (TPSA) is 46.5 Å². The van der Waals surface area contributed by atoms with Crippen LogP contribution in [0.2, 0.25) is 18.1 Å². The van der Waals surface area contributed by atoms with Gasteiger partial charge in [-0.3, -0.25) is 4.79 Å². The minimum Gasteiger partial charge on any atom is -0.409 e. The van der Waals surface area contributed by atoms with Crippen LogP contribution in [0.1, 0.15) is 20.8 Å². The lowest BCUT2D eigenvalue weighted by Crippen LogP contribution is -2.42. The van der Waals surface area contributed by atoms with Crippen molar-refractivity contribution >= 4 is 14.1 Å². The number of Topliss-reactive ketones (excluding diaryl/α,β-unsaturated/α-hetero) is 1. The SMILES string of the molecule is CC(C)(C)[Si](C)(C)OCC(=O)CO. The zero-order valence-corrected chi connectivity index (χ0v) is 10.2. The molecule has 0 fully saturated rings. The summed E-state index contributed by atoms with van der Waals surface area (Å²) < 4.78 is 5.58. The van der Waals surface area contributed by atoms with Gasteiger partial charge in [0.2, 0.25) is 0 Å². The van der Waals surface area contributed by atoms with Gasteiger partial charge in [-0.2, -0.15) is 0 Å². The Kier molecular flexibility index (Phi) is 4.28. The Hall–Kier alpha value is -0.193. The van der Waals surface area contributed by atoms with Crippen LogP contribution in [0.15, 0.2) is 0 Å². The summed E-state index contributed by atoms with van der Waals surface area (Å²) in [5, 5.41) is 8.63. The summed E-state index contributed by atoms with van der Waals surface area (Å²) in [6.07, 6.45) is 0. The standard InChI is InChI=1S/C9H20O3Si/c1-9(2,3)13(4,5)12-7-8(11)6-10/h10H,6-7H2,1-5H3. The molecule has 0 aliphatic heterocycles. The maximum Gasteiger partial charge on any atom is 0.192 e. The molecule has 0 aromatic carbocycles. The van der Waals surface area contributed by atoms with Crippen LogP contribution in [-0.2, 0) is 9.22 Å². The summed E-state index contributed by atoms with van der Waals surface area (Å²) in [4.78, 5) is 10.8. The molecule has 0 heterocycles. The summed E-state index contributed by atoms with van der Waals surface area (Å²) in [7, 11) is -1.82. The zero-order valence-electron chi connectivity index (χ0n) is 9.18. The highest BCUT2D eigenvalue weighted by Gasteiger charge is 2.37. The van der Waals surface area contributed by atoms with Crippen molar-refractivity contribution in [1.29, 1.82) is 0 Å². The second-order valence-corrected chi connectivity index (χ2v) is 9.56. The molecule has 1 N–H and O–H groups in total. The second kappa shape index (κ2) is 4.35. The average Bonchev–Trinajstić information content (AvgIpc) is 1.98. The van der Waals surface area contributed by atoms with Crippen LogP contribution < -0.4 is 0 Å². The number of rotatable bonds is 4. The minimum absolute atomic E-state index is 0.0486. The molecule has 0 aromatic heterocycles. The first-order valence-corrected chi connectivity index (χ1v) is 7.38. The van der Waals surface area contributed by atoms with E-state index in [1.54, 1.807) is 0 Å². The van der Waals surface area contributed by atoms with Gasteiger partial charge in [0.1, 0.15) is 6.61 Å². The molecule has 0 bridgehead atoms. The zero-order chi connectivity index (χ0) is 10.7. The molecule has 3 nitrogen and oxygen atoms in total. The molecule has 4 heteroatoms. The van der Waals surface area contributed by atoms with E-state index >= 15 is 0 Å². The second-order valence-electron chi connectivity index (χ2n) is 4.75. The van der Waals surface area contributed by atoms with E-state index in [4.69, 9.17) is 9.53 Å². The predicted molar refractivity (Wildman–Crippen MR) is 55.2 cm³/mol. The van der Waals surface area contributed by atoms with Crippen molar-refractivity contribution in [2.45, 2.75) is 38.9 Å². The molecule has 0 saturated heterocycles. The maximum atomic E-state index is 10.8. The molecule has 0 rings (SSSR count). The third-order valence-electron chi connectivity index (χ3n) is 2.58. The fourth-order valence-corrected chi connectivity index (χ4v) is 1.48. The lowest BCUT2D eigenvalue weighted by atomic mass is 10.2. The number of hydrogen-bond acceptors (Lipinski definition) is 3. The first kappa shape index (κ1) is 12.8. The fraction of sp³-hybridized carbons (Fsp3) is 0.889. The molecule has 13 heavy (non-hydrogen) atoms. The van der Waals surface area contributed by atoms with E-state index in [9.17, 15) is 4.79 Å². The third kappa shape index (κ3) is 4.02. The Morgan fingerprint density at radius 1 is 1.38 bits per heavy atom. The van der Waals surface area contributed by atoms with Gasteiger partial charge in [-0.05, 0) is 18.1 Å². The van der Waals surface area contributed by atoms with E-state index in [1.807, 2.05) is 0 Å². The highest BCUT2D eigenvalue weighted by molar-refractivity contribution is 6.74. The highest BCUT2D eigenvalue weighted by Crippen LogP contribution is 2.36. The van der Waals surface area contributed by atoms with Crippen molar-refractivity contribution in [1.82, 2.24) is 0 Å². The summed E-state index contributed by atoms with van der Waals surface area (Å²) in [5.41, 5.74) is 0. The number of aliphatic hydroxyl groups excluding tert-OH is 1. The van der Waals surface area contributed by atoms with Crippen LogP contribution in [0.25, 0.3) is 0 Å². The van der Waals surface area contributed by atoms with E-state index in [1.165, 1.54) is 0 Å². The van der Waals surface area contributed by atoms with Crippen LogP contribution >= 0.6 is 0 Å². The summed E-state index contributed by atoms with van der Waals surface area (Å²) in [6.45, 7) is 10.1. The van der Waals surface area contributed by atoms with E-state index in [0.717, 1.165) is 0 Å². The quantitative estimate of drug-likeness (QED) is 0.707. The first-order valence-electron chi connectivity index (χ1n) is 4.47. The molecule has 78 valence electrons. The molecule has 0 radical (unpaired) electrons. The molecule has 0 amide bonds. The molecular formula is C9H20O3Si. The molecule has 0 aliphatic rings. The lowest BCUT2D eigenvalue weighted by molar-refractivity contribution is -0.124. The summed E-state index contributed by atoms with van der Waals surface area (Å²) in [5.74, 6) is -0.246. The van der Waals surface area contributed by atoms with Gasteiger partial charge in [0, 0.05) is 0 Å². The largest absolute Gasteiger partial charge is 0.409 e. The number of hydrogen-bond donors (Lipinski definition) is 1. The monoisotopic (exact) mass is 204 g/mol. The van der Waals surface area contributed by atoms with Crippen LogP contribution in [-0.4, -0.2) is 32.4 Å². The predicted octanol–water partition coefficient (Wildman–Crippen LogP) is 1.57. The Morgan fingerprint density at radius 3 is 2.15 bits per heavy atom. The van der Waals surface area contributed by atoms with Gasteiger partial charge >= 0.3 is 0 Å². The molecule has 0 aliphatic carbocycles. The van der Waals surface area contributed by atoms with Crippen molar-refractivity contribution in [3.05, 3.63) is 0 Å². The van der Waals surface area contributed by atoms with Gasteiger partial charge in [-0.1, -0.05) is 20.8 Å². The smallest absolute Gasteiger partial charge is 0.192 e. The van der Waals surface area contributed by atoms with Crippen LogP contribution in [0, 0.1) is 0 Å². The Balaban J connectivity index is 4.12. The lowest BCUT2D eigenvalue weighted by Gasteiger charge is -2.35. The molecule has 0 saturated carbocycles. The minimum atomic E-state index is -1.82. The van der Waals surface area contributed by atoms with Crippen molar-refractivity contribution in [2.24, 2.45) is 0 Å². The Morgan fingerprint density at radius 2 is 1.85 bits per heavy atom. The van der Waals surface area contributed by atoms with E-state index in [2.05, 4.69) is 33.9 Å². The Labute approximate surface area is 81.2 Å². The van der Waals surface area contributed by atoms with Gasteiger partial charge in [0.25, 0.3) is 0 Å². The van der Waals surface area contributed by atoms with Gasteiger partial charge in [-0.15, -0.1) is 0 Å². The van der Waals surface area contributed by atoms with Gasteiger partial charge in [0.05, 0.1) is 6.61 Å². The Bertz CT molecular complexity index is 182. The molecule has 0 atom stereocenters. The van der Waals surface area contributed by atoms with Crippen molar-refractivity contribution in [3.63, 3.8) is 0 Å². The number of carbonyl (C=O) groups excluding carboxylic acids is 1. The molecular weight excluding hydrogens is 184 g/mol. The number of carbonyl (C=O) groups is 1. The van der Waals surface area contributed by atoms with Gasteiger partial charge in [-0.25, -0.2) is 0 Å².